The molecule has 0 spiro atoms. The predicted octanol–water partition coefficient (Wildman–Crippen LogP) is 0.554. The van der Waals surface area contributed by atoms with Crippen molar-refractivity contribution >= 4 is 11.6 Å². The molecule has 0 saturated heterocycles. The summed E-state index contributed by atoms with van der Waals surface area (Å²) in [5.41, 5.74) is 0. The van der Waals surface area contributed by atoms with E-state index in [1.54, 1.807) is 0 Å². The Bertz CT molecular complexity index is 82.3. The van der Waals surface area contributed by atoms with Gasteiger partial charge < -0.3 is 0 Å². The van der Waals surface area contributed by atoms with Crippen LogP contribution in [-0.4, -0.2) is 11.6 Å². The van der Waals surface area contributed by atoms with E-state index in [1.165, 1.54) is 13.8 Å². The first-order valence-corrected chi connectivity index (χ1v) is 2.12. The van der Waals surface area contributed by atoms with Crippen LogP contribution in [-0.2, 0) is 9.59 Å². The Morgan fingerprint density at radius 3 is 1.43 bits per heavy atom. The maximum absolute atomic E-state index is 10.0. The van der Waals surface area contributed by atoms with Gasteiger partial charge in [0, 0.05) is 0 Å². The number of carbonyl (C=O) groups excluding carboxylic acids is 2. The highest BCUT2D eigenvalue weighted by molar-refractivity contribution is 5.96. The van der Waals surface area contributed by atoms with Crippen molar-refractivity contribution in [1.29, 1.82) is 0 Å². The van der Waals surface area contributed by atoms with E-state index in [2.05, 4.69) is 0 Å². The quantitative estimate of drug-likeness (QED) is 0.293. The summed E-state index contributed by atoms with van der Waals surface area (Å²) in [6.45, 7) is 2.81. The van der Waals surface area contributed by atoms with Crippen LogP contribution in [0.1, 0.15) is 20.3 Å². The average Bonchev–Trinajstić information content (AvgIpc) is 1.27. The Hall–Kier alpha value is -0.660. The van der Waals surface area contributed by atoms with E-state index in [1.807, 2.05) is 0 Å². The van der Waals surface area contributed by atoms with Crippen molar-refractivity contribution in [3.05, 3.63) is 0 Å². The number of hydrogen-bond acceptors (Lipinski definition) is 2. The SMILES string of the molecule is C[13C](=[18O])C[13C](C)=[18O]. The molecular formula is C5H8O2. The topological polar surface area (TPSA) is 34.1 Å². The second-order valence-corrected chi connectivity index (χ2v) is 1.58. The normalized spacial score (nSPS) is 8.29. The van der Waals surface area contributed by atoms with Crippen LogP contribution in [0.3, 0.4) is 0 Å². The molecule has 2 heteroatoms. The van der Waals surface area contributed by atoms with E-state index in [0.29, 0.717) is 0 Å². The van der Waals surface area contributed by atoms with Crippen LogP contribution in [0, 0.1) is 0 Å². The van der Waals surface area contributed by atoms with E-state index in [-0.39, 0.29) is 18.0 Å². The van der Waals surface area contributed by atoms with Crippen molar-refractivity contribution < 1.29 is 9.59 Å². The highest BCUT2D eigenvalue weighted by Crippen LogP contribution is 1.80. The molecule has 0 rings (SSSR count). The number of carbonyl (C=O) groups is 2. The van der Waals surface area contributed by atoms with Crippen LogP contribution in [0.2, 0.25) is 0 Å². The van der Waals surface area contributed by atoms with Crippen LogP contribution < -0.4 is 0 Å². The average molecular weight is 106 g/mol. The summed E-state index contributed by atoms with van der Waals surface area (Å²) in [7, 11) is 0. The molecule has 0 aromatic heterocycles. The van der Waals surface area contributed by atoms with Crippen LogP contribution in [0.5, 0.6) is 0 Å². The smallest absolute Gasteiger partial charge is 0.137 e. The molecule has 0 atom stereocenters. The Morgan fingerprint density at radius 2 is 1.43 bits per heavy atom. The zero-order chi connectivity index (χ0) is 5.86. The van der Waals surface area contributed by atoms with Crippen molar-refractivity contribution in [2.45, 2.75) is 20.3 Å². The molecule has 0 amide bonds. The second kappa shape index (κ2) is 2.50. The summed E-state index contributed by atoms with van der Waals surface area (Å²) in [6, 6.07) is 0. The third kappa shape index (κ3) is 5.34. The van der Waals surface area contributed by atoms with Gasteiger partial charge in [-0.2, -0.15) is 0 Å². The maximum atomic E-state index is 10.0. The fraction of sp³-hybridized carbons (Fsp3) is 0.600. The fourth-order valence-corrected chi connectivity index (χ4v) is 0.351. The lowest BCUT2D eigenvalue weighted by Gasteiger charge is -1.81. The van der Waals surface area contributed by atoms with Gasteiger partial charge in [-0.25, -0.2) is 0 Å². The van der Waals surface area contributed by atoms with Crippen molar-refractivity contribution in [3.8, 4) is 0 Å². The van der Waals surface area contributed by atoms with Gasteiger partial charge in [0.15, 0.2) is 0 Å². The molecule has 0 saturated carbocycles. The Morgan fingerprint density at radius 1 is 1.14 bits per heavy atom. The van der Waals surface area contributed by atoms with Gasteiger partial charge >= 0.3 is 0 Å². The van der Waals surface area contributed by atoms with Gasteiger partial charge in [-0.1, -0.05) is 0 Å². The van der Waals surface area contributed by atoms with E-state index in [9.17, 15) is 9.59 Å². The van der Waals surface area contributed by atoms with Gasteiger partial charge in [0.25, 0.3) is 0 Å². The lowest BCUT2D eigenvalue weighted by Crippen LogP contribution is -1.97. The summed E-state index contributed by atoms with van der Waals surface area (Å²) in [4.78, 5) is 20.1. The first-order chi connectivity index (χ1) is 3.13. The monoisotopic (exact) mass is 106 g/mol. The number of rotatable bonds is 2. The van der Waals surface area contributed by atoms with Crippen molar-refractivity contribution in [2.75, 3.05) is 0 Å². The highest BCUT2D eigenvalue weighted by Gasteiger charge is 1.94. The lowest BCUT2D eigenvalue weighted by atomic mass is 10.7. The summed E-state index contributed by atoms with van der Waals surface area (Å²) in [5, 5.41) is 0. The number of hydrogen-bond donors (Lipinski definition) is 0. The predicted molar refractivity (Wildman–Crippen MR) is 26.0 cm³/mol. The van der Waals surface area contributed by atoms with Crippen LogP contribution in [0.25, 0.3) is 0 Å². The molecule has 0 aromatic carbocycles. The summed E-state index contributed by atoms with van der Waals surface area (Å²) in [6.07, 6.45) is 0.0833. The van der Waals surface area contributed by atoms with E-state index in [0.717, 1.165) is 0 Å². The largest absolute Gasteiger partial charge is 0.300 e. The van der Waals surface area contributed by atoms with E-state index in [4.69, 9.17) is 0 Å². The third-order valence-corrected chi connectivity index (χ3v) is 0.498. The molecule has 0 aromatic rings. The third-order valence-electron chi connectivity index (χ3n) is 0.498. The summed E-state index contributed by atoms with van der Waals surface area (Å²) >= 11 is 0. The van der Waals surface area contributed by atoms with Gasteiger partial charge in [0.2, 0.25) is 0 Å². The zero-order valence-corrected chi connectivity index (χ0v) is 4.52. The molecule has 0 aliphatic rings. The second-order valence-electron chi connectivity index (χ2n) is 1.58. The Balaban J connectivity index is 3.32. The summed E-state index contributed by atoms with van der Waals surface area (Å²) < 4.78 is 0. The van der Waals surface area contributed by atoms with Gasteiger partial charge in [-0.15, -0.1) is 0 Å². The van der Waals surface area contributed by atoms with Crippen molar-refractivity contribution in [3.63, 3.8) is 0 Å². The molecule has 0 heterocycles. The molecule has 0 N–H and O–H groups in total. The maximum Gasteiger partial charge on any atom is 0.137 e. The zero-order valence-electron chi connectivity index (χ0n) is 4.52. The molecule has 0 radical (unpaired) electrons. The lowest BCUT2D eigenvalue weighted by molar-refractivity contribution is -0.124. The van der Waals surface area contributed by atoms with Gasteiger partial charge in [0.1, 0.15) is 11.6 Å². The van der Waals surface area contributed by atoms with Crippen LogP contribution >= 0.6 is 0 Å². The molecular weight excluding hydrogens is 98.0 g/mol. The molecule has 7 heavy (non-hydrogen) atoms. The minimum atomic E-state index is -0.0625. The summed E-state index contributed by atoms with van der Waals surface area (Å²) in [5.74, 6) is -0.125. The molecule has 40 valence electrons. The fourth-order valence-electron chi connectivity index (χ4n) is 0.351. The molecule has 0 fully saturated rings. The van der Waals surface area contributed by atoms with Gasteiger partial charge in [-0.05, 0) is 13.8 Å². The highest BCUT2D eigenvalue weighted by atomic mass is 18.1. The standard InChI is InChI=1S/C5H8O2/c1-4(6)3-5(2)7/h3H2,1-2H3/i4+1,5+1,6+2,7+2. The van der Waals surface area contributed by atoms with Crippen molar-refractivity contribution in [1.82, 2.24) is 0 Å². The van der Waals surface area contributed by atoms with Crippen molar-refractivity contribution in [2.24, 2.45) is 0 Å². The Kier molecular flexibility index (Phi) is 2.27. The van der Waals surface area contributed by atoms with E-state index < -0.39 is 0 Å². The Labute approximate surface area is 42.5 Å². The molecule has 0 bridgehead atoms. The first-order valence-electron chi connectivity index (χ1n) is 2.12. The van der Waals surface area contributed by atoms with E-state index >= 15 is 0 Å². The number of Topliss-reactive ketones (excluding diaryl/α,β-unsaturated/α-hetero) is 2. The molecule has 2 nitrogen and oxygen atoms in total. The van der Waals surface area contributed by atoms with Gasteiger partial charge in [-0.3, -0.25) is 9.59 Å². The number of ketones is 2. The van der Waals surface area contributed by atoms with Crippen LogP contribution in [0.4, 0.5) is 0 Å². The van der Waals surface area contributed by atoms with Gasteiger partial charge in [0.05, 0.1) is 6.42 Å². The first kappa shape index (κ1) is 6.34. The molecule has 0 aliphatic heterocycles. The van der Waals surface area contributed by atoms with Crippen LogP contribution in [0.15, 0.2) is 0 Å². The minimum absolute atomic E-state index is 0.0625. The molecule has 0 unspecified atom stereocenters. The molecule has 0 aliphatic carbocycles. The minimum Gasteiger partial charge on any atom is -0.300 e.